The first kappa shape index (κ1) is 38.1. The van der Waals surface area contributed by atoms with Crippen LogP contribution in [0.25, 0.3) is 64.6 Å². The maximum absolute atomic E-state index is 6.84. The molecule has 62 heavy (non-hydrogen) atoms. The highest BCUT2D eigenvalue weighted by molar-refractivity contribution is 6.31. The van der Waals surface area contributed by atoms with Crippen LogP contribution in [0.1, 0.15) is 26.3 Å². The van der Waals surface area contributed by atoms with Gasteiger partial charge in [0.15, 0.2) is 0 Å². The average molecular weight is 838 g/mol. The summed E-state index contributed by atoms with van der Waals surface area (Å²) in [6.07, 6.45) is 0. The average Bonchev–Trinajstić information content (AvgIpc) is 3.29. The number of fused-ring (bicyclic) bond motifs is 12. The number of rotatable bonds is 6. The van der Waals surface area contributed by atoms with E-state index in [0.717, 1.165) is 34.1 Å². The van der Waals surface area contributed by atoms with Crippen molar-refractivity contribution in [3.8, 4) is 0 Å². The number of anilines is 6. The van der Waals surface area contributed by atoms with Gasteiger partial charge in [-0.15, -0.1) is 0 Å². The molecule has 0 unspecified atom stereocenters. The second kappa shape index (κ2) is 15.0. The first-order valence-corrected chi connectivity index (χ1v) is 21.9. The molecule has 0 N–H and O–H groups in total. The Balaban J connectivity index is 1.18. The van der Waals surface area contributed by atoms with E-state index in [1.54, 1.807) is 0 Å². The SMILES string of the molecule is CC(C)(C)c1cc(N(c2cccc(Cl)c2)c2ccc3c4ccccc4c4ccccc4c3c2)cc(N(c2cccc(Cl)c2)c2ccc3c4ccccc4c4ccccc4c3c2)c1. The van der Waals surface area contributed by atoms with Crippen LogP contribution in [-0.2, 0) is 5.41 Å². The molecule has 298 valence electrons. The van der Waals surface area contributed by atoms with Gasteiger partial charge in [-0.25, -0.2) is 0 Å². The van der Waals surface area contributed by atoms with Gasteiger partial charge in [-0.05, 0) is 154 Å². The van der Waals surface area contributed by atoms with Gasteiger partial charge in [0.2, 0.25) is 0 Å². The lowest BCUT2D eigenvalue weighted by atomic mass is 9.86. The molecular weight excluding hydrogens is 796 g/mol. The molecule has 0 aliphatic carbocycles. The highest BCUT2D eigenvalue weighted by atomic mass is 35.5. The molecule has 0 saturated carbocycles. The van der Waals surface area contributed by atoms with Crippen LogP contribution < -0.4 is 9.80 Å². The van der Waals surface area contributed by atoms with Gasteiger partial charge in [-0.2, -0.15) is 0 Å². The maximum atomic E-state index is 6.84. The van der Waals surface area contributed by atoms with Gasteiger partial charge in [0, 0.05) is 44.2 Å². The zero-order valence-corrected chi connectivity index (χ0v) is 36.2. The monoisotopic (exact) mass is 836 g/mol. The van der Waals surface area contributed by atoms with Crippen molar-refractivity contribution < 1.29 is 0 Å². The Labute approximate surface area is 371 Å². The van der Waals surface area contributed by atoms with Crippen LogP contribution in [0.3, 0.4) is 0 Å². The Morgan fingerprint density at radius 2 is 0.581 bits per heavy atom. The highest BCUT2D eigenvalue weighted by Crippen LogP contribution is 2.47. The molecule has 11 aromatic rings. The Morgan fingerprint density at radius 1 is 0.274 bits per heavy atom. The van der Waals surface area contributed by atoms with Crippen molar-refractivity contribution in [1.29, 1.82) is 0 Å². The van der Waals surface area contributed by atoms with E-state index in [-0.39, 0.29) is 5.41 Å². The summed E-state index contributed by atoms with van der Waals surface area (Å²) in [5.74, 6) is 0. The van der Waals surface area contributed by atoms with Crippen LogP contribution >= 0.6 is 23.2 Å². The van der Waals surface area contributed by atoms with Crippen molar-refractivity contribution in [2.75, 3.05) is 9.80 Å². The predicted molar refractivity (Wildman–Crippen MR) is 270 cm³/mol. The summed E-state index contributed by atoms with van der Waals surface area (Å²) in [6.45, 7) is 6.84. The largest absolute Gasteiger partial charge is 0.310 e. The van der Waals surface area contributed by atoms with Crippen LogP contribution in [0, 0.1) is 0 Å². The van der Waals surface area contributed by atoms with Crippen molar-refractivity contribution in [2.45, 2.75) is 26.2 Å². The van der Waals surface area contributed by atoms with Gasteiger partial charge >= 0.3 is 0 Å². The minimum absolute atomic E-state index is 0.193. The van der Waals surface area contributed by atoms with Crippen LogP contribution in [0.15, 0.2) is 200 Å². The number of halogens is 2. The summed E-state index contributed by atoms with van der Waals surface area (Å²) in [6, 6.07) is 72.1. The third-order valence-corrected chi connectivity index (χ3v) is 12.9. The number of benzene rings is 11. The molecule has 0 atom stereocenters. The molecule has 0 saturated heterocycles. The predicted octanol–water partition coefficient (Wildman–Crippen LogP) is 18.1. The number of hydrogen-bond donors (Lipinski definition) is 0. The third-order valence-electron chi connectivity index (χ3n) is 12.4. The van der Waals surface area contributed by atoms with Gasteiger partial charge < -0.3 is 9.80 Å². The Bertz CT molecular complexity index is 3270. The molecule has 0 bridgehead atoms. The van der Waals surface area contributed by atoms with E-state index in [9.17, 15) is 0 Å². The van der Waals surface area contributed by atoms with Gasteiger partial charge in [0.25, 0.3) is 0 Å². The van der Waals surface area contributed by atoms with Crippen molar-refractivity contribution in [3.63, 3.8) is 0 Å². The van der Waals surface area contributed by atoms with E-state index in [1.807, 2.05) is 24.3 Å². The zero-order valence-electron chi connectivity index (χ0n) is 34.7. The first-order valence-electron chi connectivity index (χ1n) is 21.1. The van der Waals surface area contributed by atoms with Gasteiger partial charge in [0.05, 0.1) is 0 Å². The first-order chi connectivity index (χ1) is 30.2. The third kappa shape index (κ3) is 6.50. The summed E-state index contributed by atoms with van der Waals surface area (Å²) in [5.41, 5.74) is 7.05. The molecule has 4 heteroatoms. The summed E-state index contributed by atoms with van der Waals surface area (Å²) in [7, 11) is 0. The van der Waals surface area contributed by atoms with Crippen LogP contribution in [-0.4, -0.2) is 0 Å². The standard InChI is InChI=1S/C58H42Cl2N2/c1-58(2,3)37-30-44(61(40-16-12-14-38(59)32-40)42-26-28-54-50-22-6-4-18-46(50)48-20-8-10-24-52(48)56(54)35-42)34-45(31-37)62(41-17-13-15-39(60)33-41)43-27-29-55-51-23-7-5-19-47(51)49-21-9-11-25-53(49)57(55)36-43/h4-36H,1-3H3. The fourth-order valence-corrected chi connectivity index (χ4v) is 9.85. The highest BCUT2D eigenvalue weighted by Gasteiger charge is 2.24. The Hall–Kier alpha value is -6.84. The van der Waals surface area contributed by atoms with E-state index in [2.05, 4.69) is 206 Å². The molecule has 0 aliphatic rings. The normalized spacial score (nSPS) is 12.0. The molecule has 2 nitrogen and oxygen atoms in total. The van der Waals surface area contributed by atoms with Crippen LogP contribution in [0.2, 0.25) is 10.0 Å². The number of hydrogen-bond acceptors (Lipinski definition) is 2. The molecule has 0 aliphatic heterocycles. The Morgan fingerprint density at radius 3 is 0.903 bits per heavy atom. The topological polar surface area (TPSA) is 6.48 Å². The van der Waals surface area contributed by atoms with E-state index in [1.165, 1.54) is 70.2 Å². The number of nitrogens with zero attached hydrogens (tertiary/aromatic N) is 2. The molecule has 0 spiro atoms. The fourth-order valence-electron chi connectivity index (χ4n) is 9.48. The molecule has 0 aromatic heterocycles. The minimum atomic E-state index is -0.193. The van der Waals surface area contributed by atoms with E-state index >= 15 is 0 Å². The smallest absolute Gasteiger partial charge is 0.0485 e. The van der Waals surface area contributed by atoms with Crippen molar-refractivity contribution in [3.05, 3.63) is 216 Å². The lowest BCUT2D eigenvalue weighted by Crippen LogP contribution is -2.17. The van der Waals surface area contributed by atoms with Crippen LogP contribution in [0.5, 0.6) is 0 Å². The molecule has 0 heterocycles. The summed E-state index contributed by atoms with van der Waals surface area (Å²) >= 11 is 13.7. The van der Waals surface area contributed by atoms with Crippen molar-refractivity contribution in [1.82, 2.24) is 0 Å². The Kier molecular flexibility index (Phi) is 9.19. The molecular formula is C58H42Cl2N2. The summed E-state index contributed by atoms with van der Waals surface area (Å²) < 4.78 is 0. The summed E-state index contributed by atoms with van der Waals surface area (Å²) in [5, 5.41) is 16.1. The van der Waals surface area contributed by atoms with Crippen molar-refractivity contribution in [2.24, 2.45) is 0 Å². The minimum Gasteiger partial charge on any atom is -0.310 e. The maximum Gasteiger partial charge on any atom is 0.0485 e. The zero-order chi connectivity index (χ0) is 42.1. The lowest BCUT2D eigenvalue weighted by molar-refractivity contribution is 0.590. The second-order valence-corrected chi connectivity index (χ2v) is 18.1. The van der Waals surface area contributed by atoms with Gasteiger partial charge in [-0.1, -0.05) is 165 Å². The van der Waals surface area contributed by atoms with E-state index < -0.39 is 0 Å². The molecule has 11 rings (SSSR count). The van der Waals surface area contributed by atoms with Crippen LogP contribution in [0.4, 0.5) is 34.1 Å². The lowest BCUT2D eigenvalue weighted by Gasteiger charge is -2.32. The second-order valence-electron chi connectivity index (χ2n) is 17.3. The fraction of sp³-hybridized carbons (Fsp3) is 0.0690. The molecule has 11 aromatic carbocycles. The quantitative estimate of drug-likeness (QED) is 0.154. The molecule has 0 radical (unpaired) electrons. The molecule has 0 fully saturated rings. The van der Waals surface area contributed by atoms with E-state index in [4.69, 9.17) is 23.2 Å². The molecule has 0 amide bonds. The van der Waals surface area contributed by atoms with Gasteiger partial charge in [-0.3, -0.25) is 0 Å². The van der Waals surface area contributed by atoms with Gasteiger partial charge in [0.1, 0.15) is 0 Å². The summed E-state index contributed by atoms with van der Waals surface area (Å²) in [4.78, 5) is 4.70. The van der Waals surface area contributed by atoms with E-state index in [0.29, 0.717) is 10.0 Å². The van der Waals surface area contributed by atoms with Crippen molar-refractivity contribution >= 4 is 122 Å².